The van der Waals surface area contributed by atoms with Crippen LogP contribution in [0.2, 0.25) is 0 Å². The summed E-state index contributed by atoms with van der Waals surface area (Å²) in [5.41, 5.74) is 0. The van der Waals surface area contributed by atoms with Crippen LogP contribution in [0.4, 0.5) is 0 Å². The number of amides is 1. The first-order chi connectivity index (χ1) is 36.2. The number of nitrogens with one attached hydrogen (secondary N) is 1. The SMILES string of the molecule is CCC/C=C\C/C=C\CCCCCCCC(=O)OCCCCCCCCCCCCCCCCCCCCCCCCCCC(=O)NC(COC1OC(CO)C(O)C(O)C1O)C(O)/C=C/CCCCCCCCC. The molecular formula is C63H117NO10. The molecule has 7 atom stereocenters. The topological polar surface area (TPSA) is 175 Å². The Morgan fingerprint density at radius 2 is 0.932 bits per heavy atom. The van der Waals surface area contributed by atoms with Crippen LogP contribution in [0.15, 0.2) is 36.5 Å². The van der Waals surface area contributed by atoms with Crippen molar-refractivity contribution in [3.63, 3.8) is 0 Å². The van der Waals surface area contributed by atoms with E-state index in [-0.39, 0.29) is 18.5 Å². The molecule has 1 rings (SSSR count). The fourth-order valence-electron chi connectivity index (χ4n) is 9.77. The fourth-order valence-corrected chi connectivity index (χ4v) is 9.77. The molecule has 1 amide bonds. The summed E-state index contributed by atoms with van der Waals surface area (Å²) in [4.78, 5) is 25.0. The maximum atomic E-state index is 13.0. The molecule has 0 aromatic heterocycles. The molecule has 11 nitrogen and oxygen atoms in total. The number of ether oxygens (including phenoxy) is 3. The van der Waals surface area contributed by atoms with Gasteiger partial charge in [0.2, 0.25) is 5.91 Å². The van der Waals surface area contributed by atoms with E-state index in [0.29, 0.717) is 19.4 Å². The minimum atomic E-state index is -1.57. The van der Waals surface area contributed by atoms with Gasteiger partial charge in [0.05, 0.1) is 32.0 Å². The molecule has 434 valence electrons. The fraction of sp³-hybridized carbons (Fsp3) is 0.873. The summed E-state index contributed by atoms with van der Waals surface area (Å²) in [6.07, 6.45) is 55.5. The first-order valence-electron chi connectivity index (χ1n) is 31.3. The van der Waals surface area contributed by atoms with Crippen LogP contribution in [0.5, 0.6) is 0 Å². The molecule has 6 N–H and O–H groups in total. The van der Waals surface area contributed by atoms with E-state index in [1.165, 1.54) is 193 Å². The van der Waals surface area contributed by atoms with Gasteiger partial charge in [0, 0.05) is 12.8 Å². The molecule has 74 heavy (non-hydrogen) atoms. The van der Waals surface area contributed by atoms with Gasteiger partial charge < -0.3 is 45.1 Å². The van der Waals surface area contributed by atoms with E-state index in [1.807, 2.05) is 6.08 Å². The highest BCUT2D eigenvalue weighted by Crippen LogP contribution is 2.23. The van der Waals surface area contributed by atoms with E-state index in [1.54, 1.807) is 6.08 Å². The predicted molar refractivity (Wildman–Crippen MR) is 306 cm³/mol. The zero-order valence-corrected chi connectivity index (χ0v) is 47.8. The molecule has 0 aliphatic carbocycles. The summed E-state index contributed by atoms with van der Waals surface area (Å²) in [5.74, 6) is -0.194. The molecule has 0 bridgehead atoms. The second kappa shape index (κ2) is 52.9. The molecule has 1 aliphatic rings. The van der Waals surface area contributed by atoms with Crippen LogP contribution >= 0.6 is 0 Å². The van der Waals surface area contributed by atoms with Crippen LogP contribution in [0, 0.1) is 0 Å². The summed E-state index contributed by atoms with van der Waals surface area (Å²) in [6.45, 7) is 4.25. The quantitative estimate of drug-likeness (QED) is 0.0195. The predicted octanol–water partition coefficient (Wildman–Crippen LogP) is 14.7. The van der Waals surface area contributed by atoms with Crippen molar-refractivity contribution in [2.75, 3.05) is 19.8 Å². The summed E-state index contributed by atoms with van der Waals surface area (Å²) in [5, 5.41) is 54.2. The van der Waals surface area contributed by atoms with Gasteiger partial charge >= 0.3 is 5.97 Å². The van der Waals surface area contributed by atoms with Gasteiger partial charge in [-0.2, -0.15) is 0 Å². The van der Waals surface area contributed by atoms with Crippen molar-refractivity contribution in [2.45, 2.75) is 333 Å². The lowest BCUT2D eigenvalue weighted by atomic mass is 9.99. The van der Waals surface area contributed by atoms with Gasteiger partial charge in [-0.25, -0.2) is 0 Å². The van der Waals surface area contributed by atoms with Crippen molar-refractivity contribution in [1.82, 2.24) is 5.32 Å². The molecule has 1 saturated heterocycles. The molecule has 1 heterocycles. The lowest BCUT2D eigenvalue weighted by molar-refractivity contribution is -0.302. The van der Waals surface area contributed by atoms with Crippen molar-refractivity contribution >= 4 is 11.9 Å². The van der Waals surface area contributed by atoms with Crippen LogP contribution in [-0.2, 0) is 23.8 Å². The number of esters is 1. The van der Waals surface area contributed by atoms with E-state index in [2.05, 4.69) is 43.5 Å². The Morgan fingerprint density at radius 1 is 0.500 bits per heavy atom. The van der Waals surface area contributed by atoms with E-state index in [0.717, 1.165) is 70.6 Å². The summed E-state index contributed by atoms with van der Waals surface area (Å²) < 4.78 is 16.7. The van der Waals surface area contributed by atoms with Gasteiger partial charge in [0.1, 0.15) is 24.4 Å². The van der Waals surface area contributed by atoms with E-state index in [4.69, 9.17) is 14.2 Å². The van der Waals surface area contributed by atoms with E-state index in [9.17, 15) is 35.1 Å². The lowest BCUT2D eigenvalue weighted by Gasteiger charge is -2.40. The Bertz CT molecular complexity index is 1320. The van der Waals surface area contributed by atoms with Crippen molar-refractivity contribution in [1.29, 1.82) is 0 Å². The minimum absolute atomic E-state index is 0.0113. The Kier molecular flexibility index (Phi) is 50.0. The zero-order chi connectivity index (χ0) is 53.8. The maximum Gasteiger partial charge on any atom is 0.305 e. The van der Waals surface area contributed by atoms with Gasteiger partial charge in [-0.15, -0.1) is 0 Å². The van der Waals surface area contributed by atoms with Gasteiger partial charge in [-0.1, -0.05) is 256 Å². The molecule has 7 unspecified atom stereocenters. The Hall–Kier alpha value is -2.12. The molecule has 0 aromatic carbocycles. The van der Waals surface area contributed by atoms with Gasteiger partial charge in [0.15, 0.2) is 6.29 Å². The summed E-state index contributed by atoms with van der Waals surface area (Å²) in [7, 11) is 0. The smallest absolute Gasteiger partial charge is 0.305 e. The average Bonchev–Trinajstić information content (AvgIpc) is 3.40. The minimum Gasteiger partial charge on any atom is -0.466 e. The molecule has 11 heteroatoms. The molecule has 1 fully saturated rings. The number of carbonyl (C=O) groups is 2. The third kappa shape index (κ3) is 42.0. The molecule has 0 aromatic rings. The van der Waals surface area contributed by atoms with E-state index < -0.39 is 49.5 Å². The lowest BCUT2D eigenvalue weighted by Crippen LogP contribution is -2.60. The Balaban J connectivity index is 1.97. The van der Waals surface area contributed by atoms with Crippen LogP contribution in [-0.4, -0.2) is 100 Å². The monoisotopic (exact) mass is 1050 g/mol. The molecular weight excluding hydrogens is 931 g/mol. The van der Waals surface area contributed by atoms with Crippen molar-refractivity contribution in [3.8, 4) is 0 Å². The second-order valence-electron chi connectivity index (χ2n) is 21.8. The standard InChI is InChI=1S/C63H117NO10/c1-3-5-7-9-11-13-14-27-31-35-39-43-47-51-59(68)72-52-48-44-40-36-32-29-26-24-22-20-18-16-15-17-19-21-23-25-28-30-34-38-42-46-50-58(67)64-55(56(66)49-45-41-37-33-12-10-8-6-4-2)54-73-63-62(71)61(70)60(69)57(53-65)74-63/h7,9,13-14,45,49,55-57,60-63,65-66,69-71H,3-6,8,10-12,15-44,46-48,50-54H2,1-2H3,(H,64,67)/b9-7-,14-13-,49-45+. The third-order valence-corrected chi connectivity index (χ3v) is 14.7. The first-order valence-corrected chi connectivity index (χ1v) is 31.3. The summed E-state index contributed by atoms with van der Waals surface area (Å²) >= 11 is 0. The number of rotatable bonds is 54. The van der Waals surface area contributed by atoms with E-state index >= 15 is 0 Å². The number of aliphatic hydroxyl groups excluding tert-OH is 5. The zero-order valence-electron chi connectivity index (χ0n) is 47.8. The molecule has 0 spiro atoms. The van der Waals surface area contributed by atoms with Crippen molar-refractivity contribution in [3.05, 3.63) is 36.5 Å². The summed E-state index contributed by atoms with van der Waals surface area (Å²) in [6, 6.07) is -0.808. The Morgan fingerprint density at radius 3 is 1.42 bits per heavy atom. The highest BCUT2D eigenvalue weighted by atomic mass is 16.7. The number of unbranched alkanes of at least 4 members (excludes halogenated alkanes) is 36. The highest BCUT2D eigenvalue weighted by Gasteiger charge is 2.44. The molecule has 0 saturated carbocycles. The largest absolute Gasteiger partial charge is 0.466 e. The number of hydrogen-bond donors (Lipinski definition) is 6. The number of allylic oxidation sites excluding steroid dienone is 5. The maximum absolute atomic E-state index is 13.0. The number of hydrogen-bond acceptors (Lipinski definition) is 10. The van der Waals surface area contributed by atoms with Crippen LogP contribution in [0.25, 0.3) is 0 Å². The van der Waals surface area contributed by atoms with Gasteiger partial charge in [-0.05, 0) is 57.8 Å². The van der Waals surface area contributed by atoms with Crippen molar-refractivity contribution in [2.24, 2.45) is 0 Å². The van der Waals surface area contributed by atoms with Crippen molar-refractivity contribution < 1.29 is 49.3 Å². The normalized spacial score (nSPS) is 19.0. The Labute approximate surface area is 453 Å². The molecule has 1 aliphatic heterocycles. The van der Waals surface area contributed by atoms with Crippen LogP contribution < -0.4 is 5.32 Å². The number of aliphatic hydroxyl groups is 5. The highest BCUT2D eigenvalue weighted by molar-refractivity contribution is 5.76. The van der Waals surface area contributed by atoms with Gasteiger partial charge in [-0.3, -0.25) is 9.59 Å². The van der Waals surface area contributed by atoms with Crippen LogP contribution in [0.3, 0.4) is 0 Å². The average molecular weight is 1050 g/mol. The number of carbonyl (C=O) groups excluding carboxylic acids is 2. The molecule has 0 radical (unpaired) electrons. The second-order valence-corrected chi connectivity index (χ2v) is 21.8. The first kappa shape index (κ1) is 69.9. The van der Waals surface area contributed by atoms with Crippen LogP contribution in [0.1, 0.15) is 290 Å². The third-order valence-electron chi connectivity index (χ3n) is 14.7. The van der Waals surface area contributed by atoms with Gasteiger partial charge in [0.25, 0.3) is 0 Å².